The molecule has 1 aromatic heterocycles. The zero-order valence-electron chi connectivity index (χ0n) is 10.4. The Morgan fingerprint density at radius 3 is 2.61 bits per heavy atom. The lowest BCUT2D eigenvalue weighted by atomic mass is 10.2. The zero-order chi connectivity index (χ0) is 12.1. The van der Waals surface area contributed by atoms with Crippen molar-refractivity contribution in [2.75, 3.05) is 5.43 Å². The summed E-state index contributed by atoms with van der Waals surface area (Å²) in [7, 11) is 0. The van der Waals surface area contributed by atoms with E-state index in [1.807, 2.05) is 37.3 Å². The van der Waals surface area contributed by atoms with Gasteiger partial charge in [-0.25, -0.2) is 0 Å². The third kappa shape index (κ3) is 3.57. The van der Waals surface area contributed by atoms with Crippen LogP contribution in [0.5, 0.6) is 0 Å². The molecule has 4 heteroatoms. The first-order chi connectivity index (χ1) is 8.27. The largest absolute Gasteiger partial charge is 0.278 e. The first-order valence-electron chi connectivity index (χ1n) is 5.53. The predicted octanol–water partition coefficient (Wildman–Crippen LogP) is 3.65. The van der Waals surface area contributed by atoms with E-state index in [1.54, 1.807) is 12.4 Å². The zero-order valence-corrected chi connectivity index (χ0v) is 11.2. The maximum Gasteiger partial charge on any atom is 0.0663 e. The Balaban J connectivity index is 0.00000162. The van der Waals surface area contributed by atoms with Crippen LogP contribution in [-0.4, -0.2) is 10.7 Å². The van der Waals surface area contributed by atoms with E-state index in [-0.39, 0.29) is 12.4 Å². The van der Waals surface area contributed by atoms with E-state index in [0.29, 0.717) is 0 Å². The Morgan fingerprint density at radius 1 is 1.17 bits per heavy atom. The van der Waals surface area contributed by atoms with Crippen LogP contribution in [0.15, 0.2) is 53.9 Å². The van der Waals surface area contributed by atoms with Crippen LogP contribution < -0.4 is 5.43 Å². The Labute approximate surface area is 113 Å². The first kappa shape index (κ1) is 14.2. The van der Waals surface area contributed by atoms with Crippen LogP contribution in [0.25, 0.3) is 0 Å². The summed E-state index contributed by atoms with van der Waals surface area (Å²) in [6, 6.07) is 12.0. The van der Waals surface area contributed by atoms with Crippen molar-refractivity contribution in [1.29, 1.82) is 0 Å². The van der Waals surface area contributed by atoms with E-state index < -0.39 is 0 Å². The number of para-hydroxylation sites is 1. The highest BCUT2D eigenvalue weighted by molar-refractivity contribution is 5.98. The lowest BCUT2D eigenvalue weighted by molar-refractivity contribution is 1.27. The highest BCUT2D eigenvalue weighted by atomic mass is 35.5. The summed E-state index contributed by atoms with van der Waals surface area (Å²) in [6.07, 6.45) is 3.56. The summed E-state index contributed by atoms with van der Waals surface area (Å²) >= 11 is 0. The van der Waals surface area contributed by atoms with Crippen molar-refractivity contribution in [1.82, 2.24) is 4.98 Å². The van der Waals surface area contributed by atoms with Gasteiger partial charge < -0.3 is 0 Å². The molecule has 0 fully saturated rings. The standard InChI is InChI=1S/C14H15N3.ClH/c1-11-6-3-4-8-14(11)17-16-12(2)13-7-5-9-15-10-13;/h3-10,17H,1-2H3;1H. The number of hydrogen-bond acceptors (Lipinski definition) is 3. The van der Waals surface area contributed by atoms with Crippen LogP contribution in [0.4, 0.5) is 5.69 Å². The number of nitrogens with one attached hydrogen (secondary N) is 1. The summed E-state index contributed by atoms with van der Waals surface area (Å²) in [4.78, 5) is 4.07. The molecule has 0 spiro atoms. The molecule has 2 rings (SSSR count). The lowest BCUT2D eigenvalue weighted by Crippen LogP contribution is -2.00. The third-order valence-corrected chi connectivity index (χ3v) is 2.57. The van der Waals surface area contributed by atoms with E-state index in [4.69, 9.17) is 0 Å². The lowest BCUT2D eigenvalue weighted by Gasteiger charge is -2.05. The first-order valence-corrected chi connectivity index (χ1v) is 5.53. The van der Waals surface area contributed by atoms with E-state index in [0.717, 1.165) is 17.0 Å². The molecule has 0 bridgehead atoms. The minimum absolute atomic E-state index is 0. The fourth-order valence-electron chi connectivity index (χ4n) is 1.48. The maximum absolute atomic E-state index is 4.35. The van der Waals surface area contributed by atoms with Crippen molar-refractivity contribution in [3.63, 3.8) is 0 Å². The second-order valence-corrected chi connectivity index (χ2v) is 3.87. The van der Waals surface area contributed by atoms with Gasteiger partial charge in [0.1, 0.15) is 0 Å². The van der Waals surface area contributed by atoms with Crippen LogP contribution in [-0.2, 0) is 0 Å². The molecule has 0 saturated heterocycles. The summed E-state index contributed by atoms with van der Waals surface area (Å²) in [5, 5.41) is 4.35. The second kappa shape index (κ2) is 6.77. The average Bonchev–Trinajstić information content (AvgIpc) is 2.38. The van der Waals surface area contributed by atoms with Gasteiger partial charge in [-0.05, 0) is 31.5 Å². The molecule has 18 heavy (non-hydrogen) atoms. The quantitative estimate of drug-likeness (QED) is 0.676. The number of nitrogens with zero attached hydrogens (tertiary/aromatic N) is 2. The van der Waals surface area contributed by atoms with Crippen molar-refractivity contribution in [3.8, 4) is 0 Å². The summed E-state index contributed by atoms with van der Waals surface area (Å²) in [6.45, 7) is 4.01. The number of halogens is 1. The summed E-state index contributed by atoms with van der Waals surface area (Å²) in [5.74, 6) is 0. The van der Waals surface area contributed by atoms with Crippen LogP contribution in [0.1, 0.15) is 18.1 Å². The van der Waals surface area contributed by atoms with Gasteiger partial charge in [0, 0.05) is 18.0 Å². The summed E-state index contributed by atoms with van der Waals surface area (Å²) in [5.41, 5.74) is 7.21. The monoisotopic (exact) mass is 261 g/mol. The fraction of sp³-hybridized carbons (Fsp3) is 0.143. The highest BCUT2D eigenvalue weighted by Crippen LogP contribution is 2.13. The number of rotatable bonds is 3. The molecule has 0 radical (unpaired) electrons. The van der Waals surface area contributed by atoms with Gasteiger partial charge in [0.2, 0.25) is 0 Å². The number of benzene rings is 1. The van der Waals surface area contributed by atoms with Gasteiger partial charge in [0.25, 0.3) is 0 Å². The third-order valence-electron chi connectivity index (χ3n) is 2.57. The maximum atomic E-state index is 4.35. The van der Waals surface area contributed by atoms with Gasteiger partial charge in [-0.15, -0.1) is 12.4 Å². The molecule has 3 nitrogen and oxygen atoms in total. The summed E-state index contributed by atoms with van der Waals surface area (Å²) < 4.78 is 0. The number of hydrogen-bond donors (Lipinski definition) is 1. The molecule has 0 aliphatic carbocycles. The topological polar surface area (TPSA) is 37.3 Å². The fourth-order valence-corrected chi connectivity index (χ4v) is 1.48. The molecule has 0 saturated carbocycles. The van der Waals surface area contributed by atoms with Crippen LogP contribution >= 0.6 is 12.4 Å². The van der Waals surface area contributed by atoms with Crippen molar-refractivity contribution in [2.45, 2.75) is 13.8 Å². The molecule has 0 aliphatic heterocycles. The predicted molar refractivity (Wildman–Crippen MR) is 78.5 cm³/mol. The van der Waals surface area contributed by atoms with E-state index >= 15 is 0 Å². The molecule has 0 amide bonds. The van der Waals surface area contributed by atoms with Gasteiger partial charge in [-0.1, -0.05) is 24.3 Å². The minimum Gasteiger partial charge on any atom is -0.278 e. The molecular weight excluding hydrogens is 246 g/mol. The van der Waals surface area contributed by atoms with Crippen molar-refractivity contribution in [3.05, 3.63) is 59.9 Å². The molecular formula is C14H16ClN3. The van der Waals surface area contributed by atoms with Crippen molar-refractivity contribution >= 4 is 23.8 Å². The molecule has 1 aromatic carbocycles. The van der Waals surface area contributed by atoms with Crippen molar-refractivity contribution < 1.29 is 0 Å². The number of aromatic nitrogens is 1. The number of anilines is 1. The van der Waals surface area contributed by atoms with E-state index in [2.05, 4.69) is 28.5 Å². The molecule has 2 aromatic rings. The SMILES string of the molecule is CC(=NNc1ccccc1C)c1cccnc1.Cl. The highest BCUT2D eigenvalue weighted by Gasteiger charge is 1.97. The van der Waals surface area contributed by atoms with Gasteiger partial charge in [-0.2, -0.15) is 5.10 Å². The van der Waals surface area contributed by atoms with Gasteiger partial charge in [-0.3, -0.25) is 10.4 Å². The van der Waals surface area contributed by atoms with E-state index in [9.17, 15) is 0 Å². The number of pyridine rings is 1. The molecule has 94 valence electrons. The van der Waals surface area contributed by atoms with Gasteiger partial charge in [0.05, 0.1) is 11.4 Å². The van der Waals surface area contributed by atoms with Crippen LogP contribution in [0.3, 0.4) is 0 Å². The molecule has 0 unspecified atom stereocenters. The Morgan fingerprint density at radius 2 is 1.94 bits per heavy atom. The number of hydrazone groups is 1. The van der Waals surface area contributed by atoms with Crippen LogP contribution in [0.2, 0.25) is 0 Å². The average molecular weight is 262 g/mol. The van der Waals surface area contributed by atoms with Crippen molar-refractivity contribution in [2.24, 2.45) is 5.10 Å². The van der Waals surface area contributed by atoms with Gasteiger partial charge >= 0.3 is 0 Å². The molecule has 1 heterocycles. The van der Waals surface area contributed by atoms with E-state index in [1.165, 1.54) is 5.56 Å². The smallest absolute Gasteiger partial charge is 0.0663 e. The molecule has 0 aliphatic rings. The van der Waals surface area contributed by atoms with Crippen LogP contribution in [0, 0.1) is 6.92 Å². The van der Waals surface area contributed by atoms with Gasteiger partial charge in [0.15, 0.2) is 0 Å². The second-order valence-electron chi connectivity index (χ2n) is 3.87. The molecule has 0 atom stereocenters. The normalized spacial score (nSPS) is 10.7. The Hall–Kier alpha value is -1.87. The number of aryl methyl sites for hydroxylation is 1. The Bertz CT molecular complexity index is 524. The molecule has 1 N–H and O–H groups in total. The minimum atomic E-state index is 0. The Kier molecular flexibility index (Phi) is 5.33.